The van der Waals surface area contributed by atoms with Gasteiger partial charge in [-0.05, 0) is 27.3 Å². The van der Waals surface area contributed by atoms with Crippen molar-refractivity contribution in [2.24, 2.45) is 0 Å². The first-order valence-electron chi connectivity index (χ1n) is 7.63. The number of anilines is 1. The van der Waals surface area contributed by atoms with E-state index in [0.717, 1.165) is 38.5 Å². The minimum atomic E-state index is -0.135. The standard InChI is InChI=1S/C15H25N5O/c1-5-19-6-8-20(9-7-19)14-10-13(17-12(4)18-14)15(21)16-11(2)3/h10-11H,5-9H2,1-4H3,(H,16,21). The SMILES string of the molecule is CCN1CCN(c2cc(C(=O)NC(C)C)nc(C)n2)CC1. The van der Waals surface area contributed by atoms with Crippen LogP contribution in [0.15, 0.2) is 6.07 Å². The minimum absolute atomic E-state index is 0.101. The lowest BCUT2D eigenvalue weighted by Gasteiger charge is -2.34. The predicted octanol–water partition coefficient (Wildman–Crippen LogP) is 1.07. The third-order valence-corrected chi connectivity index (χ3v) is 3.62. The van der Waals surface area contributed by atoms with Crippen molar-refractivity contribution in [2.45, 2.75) is 33.7 Å². The van der Waals surface area contributed by atoms with Crippen LogP contribution in [0.25, 0.3) is 0 Å². The predicted molar refractivity (Wildman–Crippen MR) is 83.7 cm³/mol. The first kappa shape index (κ1) is 15.7. The Hall–Kier alpha value is -1.69. The average Bonchev–Trinajstić information content (AvgIpc) is 2.46. The molecule has 0 aromatic carbocycles. The lowest BCUT2D eigenvalue weighted by molar-refractivity contribution is 0.0937. The molecule has 116 valence electrons. The Morgan fingerprint density at radius 3 is 2.52 bits per heavy atom. The summed E-state index contributed by atoms with van der Waals surface area (Å²) in [4.78, 5) is 25.5. The molecule has 0 spiro atoms. The zero-order chi connectivity index (χ0) is 15.4. The topological polar surface area (TPSA) is 61.4 Å². The summed E-state index contributed by atoms with van der Waals surface area (Å²) in [5.74, 6) is 1.36. The molecule has 0 unspecified atom stereocenters. The van der Waals surface area contributed by atoms with Crippen LogP contribution in [0.5, 0.6) is 0 Å². The molecule has 0 radical (unpaired) electrons. The Morgan fingerprint density at radius 2 is 1.95 bits per heavy atom. The Balaban J connectivity index is 2.14. The number of rotatable bonds is 4. The molecule has 0 saturated carbocycles. The van der Waals surface area contributed by atoms with Gasteiger partial charge in [0.25, 0.3) is 5.91 Å². The first-order chi connectivity index (χ1) is 9.99. The van der Waals surface area contributed by atoms with E-state index in [-0.39, 0.29) is 11.9 Å². The van der Waals surface area contributed by atoms with Gasteiger partial charge < -0.3 is 15.1 Å². The number of carbonyl (C=O) groups excluding carboxylic acids is 1. The molecule has 0 aliphatic carbocycles. The van der Waals surface area contributed by atoms with E-state index in [1.165, 1.54) is 0 Å². The third-order valence-electron chi connectivity index (χ3n) is 3.62. The molecule has 6 nitrogen and oxygen atoms in total. The highest BCUT2D eigenvalue weighted by Gasteiger charge is 2.19. The van der Waals surface area contributed by atoms with Crippen molar-refractivity contribution in [1.29, 1.82) is 0 Å². The van der Waals surface area contributed by atoms with Gasteiger partial charge in [0.05, 0.1) is 0 Å². The van der Waals surface area contributed by atoms with Crippen LogP contribution in [0.2, 0.25) is 0 Å². The fourth-order valence-corrected chi connectivity index (χ4v) is 2.46. The van der Waals surface area contributed by atoms with E-state index >= 15 is 0 Å². The number of aromatic nitrogens is 2. The summed E-state index contributed by atoms with van der Waals surface area (Å²) in [5.41, 5.74) is 0.448. The highest BCUT2D eigenvalue weighted by Crippen LogP contribution is 2.15. The molecule has 0 atom stereocenters. The van der Waals surface area contributed by atoms with Crippen LogP contribution in [-0.4, -0.2) is 59.5 Å². The normalized spacial score (nSPS) is 16.3. The first-order valence-corrected chi connectivity index (χ1v) is 7.63. The fourth-order valence-electron chi connectivity index (χ4n) is 2.46. The fraction of sp³-hybridized carbons (Fsp3) is 0.667. The zero-order valence-electron chi connectivity index (χ0n) is 13.4. The second-order valence-corrected chi connectivity index (χ2v) is 5.71. The van der Waals surface area contributed by atoms with Crippen molar-refractivity contribution in [3.05, 3.63) is 17.6 Å². The largest absolute Gasteiger partial charge is 0.354 e. The molecule has 1 aromatic rings. The molecule has 1 amide bonds. The van der Waals surface area contributed by atoms with Crippen LogP contribution in [-0.2, 0) is 0 Å². The molecule has 1 aliphatic rings. The van der Waals surface area contributed by atoms with Gasteiger partial charge in [-0.25, -0.2) is 9.97 Å². The van der Waals surface area contributed by atoms with Crippen LogP contribution < -0.4 is 10.2 Å². The van der Waals surface area contributed by atoms with Crippen molar-refractivity contribution >= 4 is 11.7 Å². The maximum Gasteiger partial charge on any atom is 0.270 e. The number of nitrogens with one attached hydrogen (secondary N) is 1. The zero-order valence-corrected chi connectivity index (χ0v) is 13.4. The highest BCUT2D eigenvalue weighted by molar-refractivity contribution is 5.93. The molecular weight excluding hydrogens is 266 g/mol. The van der Waals surface area contributed by atoms with Crippen LogP contribution in [0.3, 0.4) is 0 Å². The molecule has 1 saturated heterocycles. The molecule has 21 heavy (non-hydrogen) atoms. The van der Waals surface area contributed by atoms with Crippen molar-refractivity contribution in [3.8, 4) is 0 Å². The van der Waals surface area contributed by atoms with E-state index in [2.05, 4.69) is 32.0 Å². The Morgan fingerprint density at radius 1 is 1.29 bits per heavy atom. The maximum absolute atomic E-state index is 12.1. The molecule has 1 N–H and O–H groups in total. The summed E-state index contributed by atoms with van der Waals surface area (Å²) in [5, 5.41) is 2.88. The Kier molecular flexibility index (Phi) is 5.12. The molecule has 1 aromatic heterocycles. The van der Waals surface area contributed by atoms with Crippen molar-refractivity contribution in [2.75, 3.05) is 37.6 Å². The summed E-state index contributed by atoms with van der Waals surface area (Å²) in [6.45, 7) is 12.9. The second-order valence-electron chi connectivity index (χ2n) is 5.71. The number of carbonyl (C=O) groups is 1. The van der Waals surface area contributed by atoms with Crippen molar-refractivity contribution in [3.63, 3.8) is 0 Å². The molecule has 0 bridgehead atoms. The highest BCUT2D eigenvalue weighted by atomic mass is 16.1. The number of amides is 1. The van der Waals surface area contributed by atoms with Gasteiger partial charge in [-0.2, -0.15) is 0 Å². The number of hydrogen-bond donors (Lipinski definition) is 1. The van der Waals surface area contributed by atoms with Gasteiger partial charge in [0.15, 0.2) is 0 Å². The van der Waals surface area contributed by atoms with Gasteiger partial charge in [-0.15, -0.1) is 0 Å². The lowest BCUT2D eigenvalue weighted by Crippen LogP contribution is -2.46. The Labute approximate surface area is 126 Å². The quantitative estimate of drug-likeness (QED) is 0.899. The minimum Gasteiger partial charge on any atom is -0.354 e. The molecule has 6 heteroatoms. The van der Waals surface area contributed by atoms with E-state index in [1.54, 1.807) is 6.07 Å². The molecule has 2 rings (SSSR count). The van der Waals surface area contributed by atoms with E-state index in [0.29, 0.717) is 11.5 Å². The van der Waals surface area contributed by atoms with Crippen LogP contribution in [0.1, 0.15) is 37.1 Å². The summed E-state index contributed by atoms with van der Waals surface area (Å²) in [7, 11) is 0. The summed E-state index contributed by atoms with van der Waals surface area (Å²) >= 11 is 0. The van der Waals surface area contributed by atoms with Gasteiger partial charge in [0, 0.05) is 38.3 Å². The molecule has 2 heterocycles. The summed E-state index contributed by atoms with van der Waals surface area (Å²) in [6.07, 6.45) is 0. The maximum atomic E-state index is 12.1. The Bertz CT molecular complexity index is 495. The number of nitrogens with zero attached hydrogens (tertiary/aromatic N) is 4. The van der Waals surface area contributed by atoms with E-state index in [4.69, 9.17) is 0 Å². The average molecular weight is 291 g/mol. The molecule has 1 aliphatic heterocycles. The smallest absolute Gasteiger partial charge is 0.270 e. The monoisotopic (exact) mass is 291 g/mol. The van der Waals surface area contributed by atoms with Gasteiger partial charge in [-0.3, -0.25) is 4.79 Å². The third kappa shape index (κ3) is 4.14. The number of piperazine rings is 1. The second kappa shape index (κ2) is 6.85. The van der Waals surface area contributed by atoms with Crippen LogP contribution >= 0.6 is 0 Å². The molecule has 1 fully saturated rings. The van der Waals surface area contributed by atoms with Crippen molar-refractivity contribution < 1.29 is 4.79 Å². The lowest BCUT2D eigenvalue weighted by atomic mass is 10.2. The molecular formula is C15H25N5O. The van der Waals surface area contributed by atoms with Gasteiger partial charge in [-0.1, -0.05) is 6.92 Å². The summed E-state index contributed by atoms with van der Waals surface area (Å²) in [6, 6.07) is 1.90. The van der Waals surface area contributed by atoms with Gasteiger partial charge in [0.1, 0.15) is 17.3 Å². The summed E-state index contributed by atoms with van der Waals surface area (Å²) < 4.78 is 0. The van der Waals surface area contributed by atoms with Crippen LogP contribution in [0.4, 0.5) is 5.82 Å². The van der Waals surface area contributed by atoms with Crippen molar-refractivity contribution in [1.82, 2.24) is 20.2 Å². The van der Waals surface area contributed by atoms with E-state index < -0.39 is 0 Å². The van der Waals surface area contributed by atoms with E-state index in [9.17, 15) is 4.79 Å². The number of likely N-dealkylation sites (N-methyl/N-ethyl adjacent to an activating group) is 1. The van der Waals surface area contributed by atoms with Gasteiger partial charge in [0.2, 0.25) is 0 Å². The van der Waals surface area contributed by atoms with Crippen LogP contribution in [0, 0.1) is 6.92 Å². The van der Waals surface area contributed by atoms with E-state index in [1.807, 2.05) is 20.8 Å². The number of aryl methyl sites for hydroxylation is 1. The number of hydrogen-bond acceptors (Lipinski definition) is 5. The van der Waals surface area contributed by atoms with Gasteiger partial charge >= 0.3 is 0 Å².